The summed E-state index contributed by atoms with van der Waals surface area (Å²) in [5, 5.41) is 0. The van der Waals surface area contributed by atoms with Crippen molar-refractivity contribution in [3.63, 3.8) is 0 Å². The monoisotopic (exact) mass is 292 g/mol. The summed E-state index contributed by atoms with van der Waals surface area (Å²) in [5.41, 5.74) is 1.25. The molecule has 0 bridgehead atoms. The van der Waals surface area contributed by atoms with Gasteiger partial charge in [-0.25, -0.2) is 4.98 Å². The second-order valence-electron chi connectivity index (χ2n) is 3.88. The van der Waals surface area contributed by atoms with Crippen LogP contribution >= 0.6 is 15.9 Å². The van der Waals surface area contributed by atoms with E-state index in [9.17, 15) is 4.79 Å². The highest BCUT2D eigenvalue weighted by Crippen LogP contribution is 2.11. The molecule has 3 nitrogen and oxygen atoms in total. The van der Waals surface area contributed by atoms with Crippen LogP contribution in [-0.2, 0) is 13.0 Å². The van der Waals surface area contributed by atoms with Crippen molar-refractivity contribution in [3.8, 4) is 0 Å². The van der Waals surface area contributed by atoms with E-state index in [-0.39, 0.29) is 5.78 Å². The van der Waals surface area contributed by atoms with E-state index in [1.54, 1.807) is 13.1 Å². The lowest BCUT2D eigenvalue weighted by molar-refractivity contribution is 0.0999. The van der Waals surface area contributed by atoms with Gasteiger partial charge in [0.2, 0.25) is 0 Å². The van der Waals surface area contributed by atoms with Crippen LogP contribution in [0.4, 0.5) is 0 Å². The lowest BCUT2D eigenvalue weighted by atomic mass is 10.1. The number of halogens is 1. The Morgan fingerprint density at radius 1 is 1.35 bits per heavy atom. The van der Waals surface area contributed by atoms with E-state index in [1.165, 1.54) is 5.56 Å². The van der Waals surface area contributed by atoms with E-state index >= 15 is 0 Å². The van der Waals surface area contributed by atoms with E-state index in [0.717, 1.165) is 17.4 Å². The standard InChI is InChI=1S/C13H13BrN2O/c1-10(17)13-15-7-9-16(13)8-6-11-2-4-12(14)5-3-11/h2-5,7,9H,6,8H2,1H3. The Morgan fingerprint density at radius 2 is 2.06 bits per heavy atom. The van der Waals surface area contributed by atoms with E-state index in [2.05, 4.69) is 33.0 Å². The molecule has 1 heterocycles. The molecule has 0 saturated carbocycles. The highest BCUT2D eigenvalue weighted by Gasteiger charge is 2.07. The van der Waals surface area contributed by atoms with Crippen molar-refractivity contribution >= 4 is 21.7 Å². The maximum absolute atomic E-state index is 11.3. The van der Waals surface area contributed by atoms with Crippen molar-refractivity contribution in [2.45, 2.75) is 19.9 Å². The Bertz CT molecular complexity index is 516. The van der Waals surface area contributed by atoms with Gasteiger partial charge in [0.15, 0.2) is 11.6 Å². The van der Waals surface area contributed by atoms with Gasteiger partial charge in [-0.05, 0) is 24.1 Å². The summed E-state index contributed by atoms with van der Waals surface area (Å²) in [6.07, 6.45) is 4.40. The zero-order valence-corrected chi connectivity index (χ0v) is 11.1. The van der Waals surface area contributed by atoms with Crippen molar-refractivity contribution < 1.29 is 4.79 Å². The number of carbonyl (C=O) groups is 1. The minimum atomic E-state index is 0.00538. The van der Waals surface area contributed by atoms with Gasteiger partial charge in [-0.3, -0.25) is 4.79 Å². The number of imidazole rings is 1. The molecule has 0 N–H and O–H groups in total. The summed E-state index contributed by atoms with van der Waals surface area (Å²) in [4.78, 5) is 15.3. The molecule has 0 radical (unpaired) electrons. The Balaban J connectivity index is 2.05. The topological polar surface area (TPSA) is 34.9 Å². The van der Waals surface area contributed by atoms with Crippen molar-refractivity contribution in [2.24, 2.45) is 0 Å². The number of Topliss-reactive ketones (excluding diaryl/α,β-unsaturated/α-hetero) is 1. The average Bonchev–Trinajstić information content (AvgIpc) is 2.76. The smallest absolute Gasteiger partial charge is 0.195 e. The number of aromatic nitrogens is 2. The minimum absolute atomic E-state index is 0.00538. The van der Waals surface area contributed by atoms with Gasteiger partial charge >= 0.3 is 0 Å². The second-order valence-corrected chi connectivity index (χ2v) is 4.79. The SMILES string of the molecule is CC(=O)c1nccn1CCc1ccc(Br)cc1. The molecule has 1 aromatic heterocycles. The van der Waals surface area contributed by atoms with Crippen LogP contribution in [0.1, 0.15) is 23.1 Å². The quantitative estimate of drug-likeness (QED) is 0.812. The molecule has 4 heteroatoms. The number of ketones is 1. The lowest BCUT2D eigenvalue weighted by Crippen LogP contribution is -2.08. The lowest BCUT2D eigenvalue weighted by Gasteiger charge is -2.05. The Kier molecular flexibility index (Phi) is 3.74. The molecule has 2 rings (SSSR count). The summed E-state index contributed by atoms with van der Waals surface area (Å²) < 4.78 is 2.97. The van der Waals surface area contributed by atoms with Crippen LogP contribution in [-0.4, -0.2) is 15.3 Å². The average molecular weight is 293 g/mol. The van der Waals surface area contributed by atoms with Gasteiger partial charge < -0.3 is 4.57 Å². The van der Waals surface area contributed by atoms with Crippen LogP contribution in [0.15, 0.2) is 41.1 Å². The first kappa shape index (κ1) is 12.0. The molecule has 0 atom stereocenters. The Labute approximate surface area is 109 Å². The van der Waals surface area contributed by atoms with Crippen LogP contribution in [0.3, 0.4) is 0 Å². The molecule has 0 fully saturated rings. The Hall–Kier alpha value is -1.42. The van der Waals surface area contributed by atoms with Crippen LogP contribution in [0.5, 0.6) is 0 Å². The van der Waals surface area contributed by atoms with Gasteiger partial charge in [0.05, 0.1) is 0 Å². The number of hydrogen-bond acceptors (Lipinski definition) is 2. The maximum Gasteiger partial charge on any atom is 0.195 e. The molecular formula is C13H13BrN2O. The number of nitrogens with zero attached hydrogens (tertiary/aromatic N) is 2. The summed E-state index contributed by atoms with van der Waals surface area (Å²) in [6.45, 7) is 2.31. The summed E-state index contributed by atoms with van der Waals surface area (Å²) in [5.74, 6) is 0.535. The maximum atomic E-state index is 11.3. The first-order valence-corrected chi connectivity index (χ1v) is 6.22. The van der Waals surface area contributed by atoms with Gasteiger partial charge in [-0.2, -0.15) is 0 Å². The molecule has 88 valence electrons. The third-order valence-electron chi connectivity index (χ3n) is 2.59. The molecule has 0 amide bonds. The summed E-state index contributed by atoms with van der Waals surface area (Å²) >= 11 is 3.41. The van der Waals surface area contributed by atoms with Gasteiger partial charge in [0.25, 0.3) is 0 Å². The second kappa shape index (κ2) is 5.27. The van der Waals surface area contributed by atoms with Gasteiger partial charge in [0.1, 0.15) is 0 Å². The zero-order valence-electron chi connectivity index (χ0n) is 9.56. The number of hydrogen-bond donors (Lipinski definition) is 0. The number of rotatable bonds is 4. The van der Waals surface area contributed by atoms with Crippen molar-refractivity contribution in [1.82, 2.24) is 9.55 Å². The molecule has 0 spiro atoms. The van der Waals surface area contributed by atoms with E-state index in [4.69, 9.17) is 0 Å². The summed E-state index contributed by atoms with van der Waals surface area (Å²) in [7, 11) is 0. The fraction of sp³-hybridized carbons (Fsp3) is 0.231. The van der Waals surface area contributed by atoms with Crippen LogP contribution in [0, 0.1) is 0 Å². The first-order chi connectivity index (χ1) is 8.16. The predicted octanol–water partition coefficient (Wildman–Crippen LogP) is 3.09. The molecule has 0 aliphatic rings. The van der Waals surface area contributed by atoms with Crippen LogP contribution < -0.4 is 0 Å². The highest BCUT2D eigenvalue weighted by molar-refractivity contribution is 9.10. The molecular weight excluding hydrogens is 280 g/mol. The largest absolute Gasteiger partial charge is 0.328 e. The van der Waals surface area contributed by atoms with Gasteiger partial charge in [0, 0.05) is 30.3 Å². The van der Waals surface area contributed by atoms with E-state index in [1.807, 2.05) is 22.9 Å². The van der Waals surface area contributed by atoms with Gasteiger partial charge in [-0.1, -0.05) is 28.1 Å². The fourth-order valence-electron chi connectivity index (χ4n) is 1.70. The zero-order chi connectivity index (χ0) is 12.3. The Morgan fingerprint density at radius 3 is 2.71 bits per heavy atom. The number of benzene rings is 1. The van der Waals surface area contributed by atoms with Crippen LogP contribution in [0.25, 0.3) is 0 Å². The van der Waals surface area contributed by atoms with Crippen LogP contribution in [0.2, 0.25) is 0 Å². The van der Waals surface area contributed by atoms with Crippen molar-refractivity contribution in [3.05, 3.63) is 52.5 Å². The highest BCUT2D eigenvalue weighted by atomic mass is 79.9. The number of carbonyl (C=O) groups excluding carboxylic acids is 1. The third kappa shape index (κ3) is 3.03. The molecule has 1 aromatic carbocycles. The molecule has 0 saturated heterocycles. The molecule has 17 heavy (non-hydrogen) atoms. The molecule has 2 aromatic rings. The first-order valence-electron chi connectivity index (χ1n) is 5.43. The number of aryl methyl sites for hydroxylation is 2. The van der Waals surface area contributed by atoms with E-state index in [0.29, 0.717) is 5.82 Å². The third-order valence-corrected chi connectivity index (χ3v) is 3.11. The fourth-order valence-corrected chi connectivity index (χ4v) is 1.97. The van der Waals surface area contributed by atoms with Crippen molar-refractivity contribution in [2.75, 3.05) is 0 Å². The molecule has 0 aliphatic carbocycles. The minimum Gasteiger partial charge on any atom is -0.328 e. The molecule has 0 unspecified atom stereocenters. The predicted molar refractivity (Wildman–Crippen MR) is 70.1 cm³/mol. The summed E-state index contributed by atoms with van der Waals surface area (Å²) in [6, 6.07) is 8.20. The van der Waals surface area contributed by atoms with Crippen molar-refractivity contribution in [1.29, 1.82) is 0 Å². The van der Waals surface area contributed by atoms with Gasteiger partial charge in [-0.15, -0.1) is 0 Å². The van der Waals surface area contributed by atoms with E-state index < -0.39 is 0 Å². The normalized spacial score (nSPS) is 10.5. The molecule has 0 aliphatic heterocycles.